The number of rotatable bonds is 3. The number of alkyl halides is 2. The van der Waals surface area contributed by atoms with E-state index in [1.165, 1.54) is 0 Å². The van der Waals surface area contributed by atoms with Crippen LogP contribution in [0.15, 0.2) is 6.07 Å². The standard InChI is InChI=1S/C9H7F3INO2/c1-16-7(15)3-6-4(8(11)12)2-5(10)9(13)14-6/h2,8H,3H2,1H3. The second kappa shape index (κ2) is 5.46. The first-order chi connectivity index (χ1) is 7.45. The Morgan fingerprint density at radius 2 is 2.25 bits per heavy atom. The smallest absolute Gasteiger partial charge is 0.311 e. The van der Waals surface area contributed by atoms with Crippen LogP contribution in [0.3, 0.4) is 0 Å². The van der Waals surface area contributed by atoms with Crippen LogP contribution in [0.1, 0.15) is 17.7 Å². The molecule has 0 amide bonds. The summed E-state index contributed by atoms with van der Waals surface area (Å²) in [5.41, 5.74) is -0.740. The van der Waals surface area contributed by atoms with Gasteiger partial charge in [-0.05, 0) is 28.7 Å². The molecule has 0 aliphatic heterocycles. The van der Waals surface area contributed by atoms with Gasteiger partial charge in [-0.1, -0.05) is 0 Å². The lowest BCUT2D eigenvalue weighted by molar-refractivity contribution is -0.139. The number of aromatic nitrogens is 1. The minimum Gasteiger partial charge on any atom is -0.469 e. The zero-order valence-electron chi connectivity index (χ0n) is 8.14. The lowest BCUT2D eigenvalue weighted by atomic mass is 10.1. The molecule has 0 aromatic carbocycles. The minimum absolute atomic E-state index is 0.0547. The van der Waals surface area contributed by atoms with E-state index >= 15 is 0 Å². The molecule has 0 fully saturated rings. The normalized spacial score (nSPS) is 10.6. The van der Waals surface area contributed by atoms with E-state index in [2.05, 4.69) is 9.72 Å². The third kappa shape index (κ3) is 3.06. The van der Waals surface area contributed by atoms with Gasteiger partial charge in [0.05, 0.1) is 19.2 Å². The van der Waals surface area contributed by atoms with E-state index in [9.17, 15) is 18.0 Å². The molecular formula is C9H7F3INO2. The highest BCUT2D eigenvalue weighted by atomic mass is 127. The van der Waals surface area contributed by atoms with Crippen molar-refractivity contribution in [2.75, 3.05) is 7.11 Å². The van der Waals surface area contributed by atoms with Crippen LogP contribution >= 0.6 is 22.6 Å². The monoisotopic (exact) mass is 345 g/mol. The summed E-state index contributed by atoms with van der Waals surface area (Å²) in [7, 11) is 1.14. The average molecular weight is 345 g/mol. The van der Waals surface area contributed by atoms with Gasteiger partial charge in [-0.15, -0.1) is 0 Å². The van der Waals surface area contributed by atoms with E-state index < -0.39 is 30.2 Å². The number of ether oxygens (including phenoxy) is 1. The minimum atomic E-state index is -2.88. The summed E-state index contributed by atoms with van der Waals surface area (Å²) >= 11 is 1.57. The molecule has 16 heavy (non-hydrogen) atoms. The number of nitrogens with zero attached hydrogens (tertiary/aromatic N) is 1. The van der Waals surface area contributed by atoms with Crippen molar-refractivity contribution in [1.82, 2.24) is 4.98 Å². The van der Waals surface area contributed by atoms with Crippen LogP contribution in [-0.4, -0.2) is 18.1 Å². The van der Waals surface area contributed by atoms with E-state index in [-0.39, 0.29) is 9.39 Å². The van der Waals surface area contributed by atoms with Crippen LogP contribution in [0.4, 0.5) is 13.2 Å². The lowest BCUT2D eigenvalue weighted by Crippen LogP contribution is -2.11. The number of hydrogen-bond acceptors (Lipinski definition) is 3. The van der Waals surface area contributed by atoms with Crippen LogP contribution in [0.2, 0.25) is 0 Å². The Labute approximate surface area is 103 Å². The summed E-state index contributed by atoms with van der Waals surface area (Å²) in [5.74, 6) is -1.53. The molecule has 0 radical (unpaired) electrons. The predicted octanol–water partition coefficient (Wildman–Crippen LogP) is 2.48. The first kappa shape index (κ1) is 13.2. The summed E-state index contributed by atoms with van der Waals surface area (Å²) in [5, 5.41) is 0. The molecular weight excluding hydrogens is 338 g/mol. The maximum atomic E-state index is 13.0. The third-order valence-corrected chi connectivity index (χ3v) is 2.58. The molecule has 1 aromatic rings. The molecule has 1 heterocycles. The largest absolute Gasteiger partial charge is 0.469 e. The number of carbonyl (C=O) groups is 1. The molecule has 0 spiro atoms. The average Bonchev–Trinajstić information content (AvgIpc) is 2.22. The van der Waals surface area contributed by atoms with Gasteiger partial charge in [0.2, 0.25) is 0 Å². The summed E-state index contributed by atoms with van der Waals surface area (Å²) in [6.45, 7) is 0. The predicted molar refractivity (Wildman–Crippen MR) is 57.6 cm³/mol. The van der Waals surface area contributed by atoms with Crippen LogP contribution in [-0.2, 0) is 16.0 Å². The van der Waals surface area contributed by atoms with Gasteiger partial charge < -0.3 is 4.74 Å². The number of halogens is 4. The molecule has 88 valence electrons. The van der Waals surface area contributed by atoms with Crippen LogP contribution < -0.4 is 0 Å². The van der Waals surface area contributed by atoms with Gasteiger partial charge in [-0.2, -0.15) is 0 Å². The molecule has 0 saturated heterocycles. The Balaban J connectivity index is 3.14. The van der Waals surface area contributed by atoms with Crippen molar-refractivity contribution in [2.24, 2.45) is 0 Å². The molecule has 0 bridgehead atoms. The Bertz CT molecular complexity index is 412. The Kier molecular flexibility index (Phi) is 4.51. The van der Waals surface area contributed by atoms with Crippen molar-refractivity contribution in [3.05, 3.63) is 26.8 Å². The Morgan fingerprint density at radius 3 is 2.75 bits per heavy atom. The van der Waals surface area contributed by atoms with Crippen molar-refractivity contribution in [2.45, 2.75) is 12.8 Å². The molecule has 1 aromatic heterocycles. The van der Waals surface area contributed by atoms with Crippen LogP contribution in [0.25, 0.3) is 0 Å². The fourth-order valence-electron chi connectivity index (χ4n) is 1.06. The number of carbonyl (C=O) groups excluding carboxylic acids is 1. The maximum Gasteiger partial charge on any atom is 0.311 e. The molecule has 3 nitrogen and oxygen atoms in total. The number of pyridine rings is 1. The van der Waals surface area contributed by atoms with Crippen molar-refractivity contribution in [3.8, 4) is 0 Å². The first-order valence-corrected chi connectivity index (χ1v) is 5.23. The quantitative estimate of drug-likeness (QED) is 0.480. The van der Waals surface area contributed by atoms with E-state index in [1.54, 1.807) is 22.6 Å². The third-order valence-electron chi connectivity index (χ3n) is 1.82. The van der Waals surface area contributed by atoms with E-state index in [4.69, 9.17) is 0 Å². The van der Waals surface area contributed by atoms with Crippen molar-refractivity contribution < 1.29 is 22.7 Å². The van der Waals surface area contributed by atoms with Gasteiger partial charge in [0.1, 0.15) is 3.70 Å². The molecule has 0 aliphatic rings. The number of methoxy groups -OCH3 is 1. The molecule has 7 heteroatoms. The van der Waals surface area contributed by atoms with Crippen molar-refractivity contribution in [1.29, 1.82) is 0 Å². The lowest BCUT2D eigenvalue weighted by Gasteiger charge is -2.08. The van der Waals surface area contributed by atoms with Crippen LogP contribution in [0, 0.1) is 9.52 Å². The van der Waals surface area contributed by atoms with Gasteiger partial charge in [0.25, 0.3) is 6.43 Å². The summed E-state index contributed by atoms with van der Waals surface area (Å²) in [6.07, 6.45) is -3.27. The zero-order valence-corrected chi connectivity index (χ0v) is 10.3. The first-order valence-electron chi connectivity index (χ1n) is 4.15. The van der Waals surface area contributed by atoms with Gasteiger partial charge in [-0.25, -0.2) is 18.2 Å². The molecule has 0 aliphatic carbocycles. The van der Waals surface area contributed by atoms with E-state index in [0.717, 1.165) is 7.11 Å². The Morgan fingerprint density at radius 1 is 1.62 bits per heavy atom. The highest BCUT2D eigenvalue weighted by Gasteiger charge is 2.19. The second-order valence-corrected chi connectivity index (χ2v) is 3.87. The SMILES string of the molecule is COC(=O)Cc1nc(I)c(F)cc1C(F)F. The summed E-state index contributed by atoms with van der Waals surface area (Å²) < 4.78 is 42.4. The highest BCUT2D eigenvalue weighted by molar-refractivity contribution is 14.1. The molecule has 0 N–H and O–H groups in total. The van der Waals surface area contributed by atoms with Gasteiger partial charge >= 0.3 is 5.97 Å². The fourth-order valence-corrected chi connectivity index (χ4v) is 1.50. The molecule has 0 saturated carbocycles. The van der Waals surface area contributed by atoms with Crippen LogP contribution in [0.5, 0.6) is 0 Å². The second-order valence-electron chi connectivity index (χ2n) is 2.85. The summed E-state index contributed by atoms with van der Waals surface area (Å²) in [6, 6.07) is 0.692. The fraction of sp³-hybridized carbons (Fsp3) is 0.333. The van der Waals surface area contributed by atoms with E-state index in [0.29, 0.717) is 6.07 Å². The Hall–Kier alpha value is -0.860. The zero-order chi connectivity index (χ0) is 12.3. The summed E-state index contributed by atoms with van der Waals surface area (Å²) in [4.78, 5) is 14.6. The topological polar surface area (TPSA) is 39.2 Å². The highest BCUT2D eigenvalue weighted by Crippen LogP contribution is 2.24. The molecule has 0 unspecified atom stereocenters. The maximum absolute atomic E-state index is 13.0. The number of esters is 1. The van der Waals surface area contributed by atoms with Crippen molar-refractivity contribution >= 4 is 28.6 Å². The molecule has 0 atom stereocenters. The van der Waals surface area contributed by atoms with Crippen molar-refractivity contribution in [3.63, 3.8) is 0 Å². The van der Waals surface area contributed by atoms with E-state index in [1.807, 2.05) is 0 Å². The van der Waals surface area contributed by atoms with Gasteiger partial charge in [0, 0.05) is 5.56 Å². The van der Waals surface area contributed by atoms with Gasteiger partial charge in [-0.3, -0.25) is 4.79 Å². The van der Waals surface area contributed by atoms with Gasteiger partial charge in [0.15, 0.2) is 5.82 Å². The number of hydrogen-bond donors (Lipinski definition) is 0. The molecule has 1 rings (SSSR count).